The molecule has 2 amide bonds. The van der Waals surface area contributed by atoms with Crippen molar-refractivity contribution < 1.29 is 23.9 Å². The fraction of sp³-hybridized carbons (Fsp3) is 0.207. The number of carbonyl (C=O) groups excluding carboxylic acids is 3. The highest BCUT2D eigenvalue weighted by Gasteiger charge is 2.49. The van der Waals surface area contributed by atoms with Gasteiger partial charge in [-0.1, -0.05) is 91.9 Å². The molecule has 4 rings (SSSR count). The molecule has 3 aromatic rings. The highest BCUT2D eigenvalue weighted by Crippen LogP contribution is 2.39. The largest absolute Gasteiger partial charge is 0.443 e. The predicted molar refractivity (Wildman–Crippen MR) is 135 cm³/mol. The quantitative estimate of drug-likeness (QED) is 0.450. The second-order valence-electron chi connectivity index (χ2n) is 8.56. The number of ketones is 1. The first kappa shape index (κ1) is 24.7. The molecule has 0 bridgehead atoms. The Kier molecular flexibility index (Phi) is 7.49. The Balaban J connectivity index is 1.64. The summed E-state index contributed by atoms with van der Waals surface area (Å²) in [6, 6.07) is 25.6. The molecule has 0 saturated carbocycles. The van der Waals surface area contributed by atoms with Crippen LogP contribution in [-0.4, -0.2) is 23.0 Å². The van der Waals surface area contributed by atoms with Crippen LogP contribution in [0.1, 0.15) is 42.5 Å². The van der Waals surface area contributed by atoms with Crippen LogP contribution >= 0.6 is 0 Å². The van der Waals surface area contributed by atoms with E-state index in [9.17, 15) is 14.4 Å². The molecule has 1 N–H and O–H groups in total. The number of carbonyl (C=O) groups is 3. The van der Waals surface area contributed by atoms with Crippen LogP contribution in [-0.2, 0) is 33.0 Å². The lowest BCUT2D eigenvalue weighted by atomic mass is 9.76. The minimum atomic E-state index is -1.55. The lowest BCUT2D eigenvalue weighted by Crippen LogP contribution is -2.61. The van der Waals surface area contributed by atoms with Crippen LogP contribution in [0.15, 0.2) is 90.5 Å². The zero-order chi connectivity index (χ0) is 25.5. The van der Waals surface area contributed by atoms with Gasteiger partial charge < -0.3 is 9.47 Å². The van der Waals surface area contributed by atoms with Gasteiger partial charge in [0.15, 0.2) is 11.3 Å². The smallest absolute Gasteiger partial charge is 0.430 e. The number of amides is 2. The molecule has 0 unspecified atom stereocenters. The molecule has 0 radical (unpaired) electrons. The van der Waals surface area contributed by atoms with E-state index in [1.54, 1.807) is 19.1 Å². The third-order valence-electron chi connectivity index (χ3n) is 6.18. The van der Waals surface area contributed by atoms with Crippen molar-refractivity contribution in [2.75, 3.05) is 0 Å². The van der Waals surface area contributed by atoms with Gasteiger partial charge in [0.25, 0.3) is 0 Å². The average molecular weight is 485 g/mol. The molecule has 0 aliphatic heterocycles. The van der Waals surface area contributed by atoms with Crippen LogP contribution in [0.3, 0.4) is 0 Å². The van der Waals surface area contributed by atoms with Crippen molar-refractivity contribution in [3.63, 3.8) is 0 Å². The summed E-state index contributed by atoms with van der Waals surface area (Å²) in [5.74, 6) is -0.302. The van der Waals surface area contributed by atoms with Crippen LogP contribution in [0, 0.1) is 0 Å². The van der Waals surface area contributed by atoms with Crippen molar-refractivity contribution in [2.24, 2.45) is 0 Å². The van der Waals surface area contributed by atoms with Gasteiger partial charge in [0.2, 0.25) is 0 Å². The topological polar surface area (TPSA) is 84.9 Å². The summed E-state index contributed by atoms with van der Waals surface area (Å²) in [6.07, 6.45) is 0.530. The Morgan fingerprint density at radius 1 is 0.833 bits per heavy atom. The summed E-state index contributed by atoms with van der Waals surface area (Å²) in [5, 5.41) is 0.951. The van der Waals surface area contributed by atoms with Crippen molar-refractivity contribution in [2.45, 2.75) is 39.0 Å². The first-order valence-corrected chi connectivity index (χ1v) is 11.8. The van der Waals surface area contributed by atoms with Gasteiger partial charge in [-0.15, -0.1) is 0 Å². The normalized spacial score (nSPS) is 16.4. The van der Waals surface area contributed by atoms with E-state index in [-0.39, 0.29) is 19.0 Å². The molecule has 1 aliphatic rings. The molecule has 0 saturated heterocycles. The van der Waals surface area contributed by atoms with Crippen molar-refractivity contribution >= 4 is 24.0 Å². The minimum Gasteiger partial charge on any atom is -0.443 e. The number of rotatable bonds is 6. The molecule has 7 heteroatoms. The maximum absolute atomic E-state index is 13.7. The number of hydrazine groups is 1. The number of hydrogen-bond acceptors (Lipinski definition) is 5. The summed E-state index contributed by atoms with van der Waals surface area (Å²) < 4.78 is 10.9. The number of nitrogens with zero attached hydrogens (tertiary/aromatic N) is 1. The zero-order valence-electron chi connectivity index (χ0n) is 20.3. The Labute approximate surface area is 210 Å². The lowest BCUT2D eigenvalue weighted by Gasteiger charge is -2.41. The van der Waals surface area contributed by atoms with Crippen LogP contribution < -0.4 is 5.43 Å². The van der Waals surface area contributed by atoms with E-state index < -0.39 is 17.7 Å². The summed E-state index contributed by atoms with van der Waals surface area (Å²) in [5.41, 5.74) is 4.41. The second-order valence-corrected chi connectivity index (χ2v) is 8.56. The maximum Gasteiger partial charge on any atom is 0.430 e. The van der Waals surface area contributed by atoms with Gasteiger partial charge in [-0.2, -0.15) is 5.01 Å². The fourth-order valence-electron chi connectivity index (χ4n) is 4.21. The third kappa shape index (κ3) is 5.15. The summed E-state index contributed by atoms with van der Waals surface area (Å²) >= 11 is 0. The van der Waals surface area contributed by atoms with Crippen LogP contribution in [0.25, 0.3) is 6.08 Å². The van der Waals surface area contributed by atoms with Gasteiger partial charge in [0, 0.05) is 0 Å². The first-order valence-electron chi connectivity index (χ1n) is 11.8. The Morgan fingerprint density at radius 3 is 2.00 bits per heavy atom. The molecule has 0 heterocycles. The Morgan fingerprint density at radius 2 is 1.39 bits per heavy atom. The zero-order valence-corrected chi connectivity index (χ0v) is 20.3. The number of Topliss-reactive ketones (excluding diaryl/α,β-unsaturated/α-hetero) is 1. The number of fused-ring (bicyclic) bond motifs is 1. The van der Waals surface area contributed by atoms with Gasteiger partial charge in [-0.05, 0) is 47.2 Å². The molecule has 1 atom stereocenters. The Bertz CT molecular complexity index is 1270. The van der Waals surface area contributed by atoms with Crippen molar-refractivity contribution in [1.29, 1.82) is 0 Å². The van der Waals surface area contributed by atoms with E-state index in [1.807, 2.05) is 85.8 Å². The standard InChI is InChI=1S/C29H28N2O5/c1-3-23-18-24-16-10-11-17-25(24)29(2,26(23)32)31(28(34)36-20-22-14-8-5-9-15-22)30-27(33)35-19-21-12-6-4-7-13-21/h4-18H,3,19-20H2,1-2H3,(H,30,33)/t29-/m1/s1. The molecule has 3 aromatic carbocycles. The maximum atomic E-state index is 13.7. The van der Waals surface area contributed by atoms with Crippen molar-refractivity contribution in [3.8, 4) is 0 Å². The molecular formula is C29H28N2O5. The monoisotopic (exact) mass is 484 g/mol. The highest BCUT2D eigenvalue weighted by molar-refractivity contribution is 6.10. The van der Waals surface area contributed by atoms with E-state index in [4.69, 9.17) is 9.47 Å². The number of benzene rings is 3. The van der Waals surface area contributed by atoms with Gasteiger partial charge in [0.1, 0.15) is 13.2 Å². The van der Waals surface area contributed by atoms with E-state index in [1.165, 1.54) is 0 Å². The molecule has 184 valence electrons. The molecule has 0 fully saturated rings. The lowest BCUT2D eigenvalue weighted by molar-refractivity contribution is -0.128. The fourth-order valence-corrected chi connectivity index (χ4v) is 4.21. The summed E-state index contributed by atoms with van der Waals surface area (Å²) in [6.45, 7) is 3.45. The van der Waals surface area contributed by atoms with E-state index >= 15 is 0 Å². The molecule has 0 spiro atoms. The van der Waals surface area contributed by atoms with Crippen LogP contribution in [0.5, 0.6) is 0 Å². The van der Waals surface area contributed by atoms with Crippen molar-refractivity contribution in [1.82, 2.24) is 10.4 Å². The van der Waals surface area contributed by atoms with Crippen molar-refractivity contribution in [3.05, 3.63) is 113 Å². The van der Waals surface area contributed by atoms with Gasteiger partial charge >= 0.3 is 12.2 Å². The number of ether oxygens (including phenoxy) is 2. The van der Waals surface area contributed by atoms with E-state index in [0.717, 1.165) is 21.7 Å². The molecule has 0 aromatic heterocycles. The minimum absolute atomic E-state index is 0.000929. The molecular weight excluding hydrogens is 456 g/mol. The predicted octanol–water partition coefficient (Wildman–Crippen LogP) is 5.76. The van der Waals surface area contributed by atoms with E-state index in [0.29, 0.717) is 17.6 Å². The molecule has 36 heavy (non-hydrogen) atoms. The highest BCUT2D eigenvalue weighted by atomic mass is 16.6. The molecule has 1 aliphatic carbocycles. The third-order valence-corrected chi connectivity index (χ3v) is 6.18. The van der Waals surface area contributed by atoms with Crippen LogP contribution in [0.4, 0.5) is 9.59 Å². The number of nitrogens with one attached hydrogen (secondary N) is 1. The Hall–Kier alpha value is -4.39. The summed E-state index contributed by atoms with van der Waals surface area (Å²) in [4.78, 5) is 40.0. The second kappa shape index (κ2) is 10.9. The van der Waals surface area contributed by atoms with Crippen LogP contribution in [0.2, 0.25) is 0 Å². The first-order chi connectivity index (χ1) is 17.4. The molecule has 7 nitrogen and oxygen atoms in total. The van der Waals surface area contributed by atoms with Gasteiger partial charge in [0.05, 0.1) is 0 Å². The average Bonchev–Trinajstić information content (AvgIpc) is 2.92. The number of hydrogen-bond donors (Lipinski definition) is 1. The van der Waals surface area contributed by atoms with E-state index in [2.05, 4.69) is 5.43 Å². The SMILES string of the molecule is CCC1=Cc2ccccc2[C@@](C)(N(NC(=O)OCc2ccccc2)C(=O)OCc2ccccc2)C1=O. The summed E-state index contributed by atoms with van der Waals surface area (Å²) in [7, 11) is 0. The van der Waals surface area contributed by atoms with Gasteiger partial charge in [-0.25, -0.2) is 15.0 Å². The van der Waals surface area contributed by atoms with Gasteiger partial charge in [-0.3, -0.25) is 4.79 Å².